The minimum atomic E-state index is -0.526. The van der Waals surface area contributed by atoms with Crippen molar-refractivity contribution in [1.82, 2.24) is 4.90 Å². The maximum atomic E-state index is 10.4. The highest BCUT2D eigenvalue weighted by Gasteiger charge is 2.26. The number of phenols is 1. The van der Waals surface area contributed by atoms with Crippen molar-refractivity contribution in [3.63, 3.8) is 0 Å². The van der Waals surface area contributed by atoms with Crippen LogP contribution < -0.4 is 9.47 Å². The highest BCUT2D eigenvalue weighted by atomic mass is 16.5. The second kappa shape index (κ2) is 10.5. The number of aliphatic imine (C=N–C) groups is 1. The van der Waals surface area contributed by atoms with E-state index in [0.29, 0.717) is 35.7 Å². The van der Waals surface area contributed by atoms with Crippen LogP contribution in [0.3, 0.4) is 0 Å². The van der Waals surface area contributed by atoms with Crippen molar-refractivity contribution in [2.24, 2.45) is 4.99 Å². The van der Waals surface area contributed by atoms with Crippen molar-refractivity contribution in [3.8, 4) is 17.2 Å². The number of phenolic OH excluding ortho intramolecular Hbond substituents is 1. The van der Waals surface area contributed by atoms with Crippen LogP contribution in [0.25, 0.3) is 0 Å². The maximum absolute atomic E-state index is 10.4. The summed E-state index contributed by atoms with van der Waals surface area (Å²) in [5, 5.41) is 20.5. The van der Waals surface area contributed by atoms with Crippen LogP contribution in [0.5, 0.6) is 17.2 Å². The lowest BCUT2D eigenvalue weighted by Gasteiger charge is -2.40. The lowest BCUT2D eigenvalue weighted by molar-refractivity contribution is 0.0209. The van der Waals surface area contributed by atoms with E-state index in [1.165, 1.54) is 26.4 Å². The second-order valence-electron chi connectivity index (χ2n) is 7.94. The number of nitrogens with zero attached hydrogens (tertiary/aromatic N) is 2. The molecule has 1 aliphatic rings. The predicted octanol–water partition coefficient (Wildman–Crippen LogP) is 4.15. The zero-order chi connectivity index (χ0) is 21.5. The van der Waals surface area contributed by atoms with Gasteiger partial charge in [-0.15, -0.1) is 0 Å². The molecule has 30 heavy (non-hydrogen) atoms. The third-order valence-electron chi connectivity index (χ3n) is 5.68. The Kier molecular flexibility index (Phi) is 7.71. The van der Waals surface area contributed by atoms with Crippen LogP contribution in [0, 0.1) is 0 Å². The summed E-state index contributed by atoms with van der Waals surface area (Å²) in [5.74, 6) is 1.17. The number of hydrogen-bond acceptors (Lipinski definition) is 6. The fourth-order valence-electron chi connectivity index (χ4n) is 3.90. The summed E-state index contributed by atoms with van der Waals surface area (Å²) in [5.41, 5.74) is 1.32. The summed E-state index contributed by atoms with van der Waals surface area (Å²) >= 11 is 0. The molecule has 0 saturated carbocycles. The van der Waals surface area contributed by atoms with Crippen molar-refractivity contribution in [1.29, 1.82) is 0 Å². The molecule has 0 bridgehead atoms. The van der Waals surface area contributed by atoms with Crippen molar-refractivity contribution in [2.75, 3.05) is 20.3 Å². The van der Waals surface area contributed by atoms with Gasteiger partial charge in [-0.3, -0.25) is 9.89 Å². The molecule has 1 aliphatic heterocycles. The summed E-state index contributed by atoms with van der Waals surface area (Å²) in [6.45, 7) is 5.35. The van der Waals surface area contributed by atoms with E-state index < -0.39 is 6.10 Å². The van der Waals surface area contributed by atoms with E-state index in [2.05, 4.69) is 23.7 Å². The molecule has 0 unspecified atom stereocenters. The predicted molar refractivity (Wildman–Crippen MR) is 119 cm³/mol. The number of hydrogen-bond donors (Lipinski definition) is 2. The van der Waals surface area contributed by atoms with E-state index in [1.54, 1.807) is 24.4 Å². The molecule has 0 aliphatic carbocycles. The molecular weight excluding hydrogens is 380 g/mol. The largest absolute Gasteiger partial charge is 0.504 e. The van der Waals surface area contributed by atoms with Crippen LogP contribution in [0.4, 0.5) is 5.69 Å². The van der Waals surface area contributed by atoms with Crippen LogP contribution in [-0.2, 0) is 0 Å². The Morgan fingerprint density at radius 3 is 2.50 bits per heavy atom. The number of methoxy groups -OCH3 is 1. The minimum Gasteiger partial charge on any atom is -0.504 e. The minimum absolute atomic E-state index is 0.0648. The molecule has 2 aromatic carbocycles. The molecule has 162 valence electrons. The summed E-state index contributed by atoms with van der Waals surface area (Å²) in [7, 11) is 1.51. The monoisotopic (exact) mass is 412 g/mol. The lowest BCUT2D eigenvalue weighted by atomic mass is 9.97. The molecule has 1 fully saturated rings. The van der Waals surface area contributed by atoms with Gasteiger partial charge in [0.1, 0.15) is 18.5 Å². The van der Waals surface area contributed by atoms with Gasteiger partial charge in [0.05, 0.1) is 12.8 Å². The van der Waals surface area contributed by atoms with Gasteiger partial charge in [-0.1, -0.05) is 12.5 Å². The van der Waals surface area contributed by atoms with Gasteiger partial charge in [0.2, 0.25) is 0 Å². The van der Waals surface area contributed by atoms with Gasteiger partial charge in [0, 0.05) is 30.4 Å². The topological polar surface area (TPSA) is 74.5 Å². The molecule has 0 spiro atoms. The molecule has 6 heteroatoms. The highest BCUT2D eigenvalue weighted by Crippen LogP contribution is 2.29. The van der Waals surface area contributed by atoms with Crippen LogP contribution >= 0.6 is 0 Å². The smallest absolute Gasteiger partial charge is 0.166 e. The van der Waals surface area contributed by atoms with Crippen LogP contribution in [0.2, 0.25) is 0 Å². The average Bonchev–Trinajstić information content (AvgIpc) is 2.75. The molecule has 3 atom stereocenters. The Hall–Kier alpha value is -2.57. The van der Waals surface area contributed by atoms with Gasteiger partial charge in [-0.05, 0) is 63.1 Å². The Labute approximate surface area is 178 Å². The van der Waals surface area contributed by atoms with Crippen LogP contribution in [0.15, 0.2) is 47.5 Å². The fourth-order valence-corrected chi connectivity index (χ4v) is 3.90. The summed E-state index contributed by atoms with van der Waals surface area (Å²) in [6, 6.07) is 13.6. The molecule has 1 saturated heterocycles. The van der Waals surface area contributed by atoms with E-state index in [1.807, 2.05) is 24.3 Å². The molecular formula is C24H32N2O4. The van der Waals surface area contributed by atoms with E-state index >= 15 is 0 Å². The quantitative estimate of drug-likeness (QED) is 0.637. The first-order chi connectivity index (χ1) is 14.5. The Bertz CT molecular complexity index is 828. The van der Waals surface area contributed by atoms with Gasteiger partial charge < -0.3 is 19.7 Å². The Morgan fingerprint density at radius 1 is 1.13 bits per heavy atom. The third kappa shape index (κ3) is 5.74. The van der Waals surface area contributed by atoms with Gasteiger partial charge >= 0.3 is 0 Å². The maximum Gasteiger partial charge on any atom is 0.166 e. The molecule has 2 N–H and O–H groups in total. The fraction of sp³-hybridized carbons (Fsp3) is 0.458. The van der Waals surface area contributed by atoms with Gasteiger partial charge in [-0.25, -0.2) is 0 Å². The number of benzene rings is 2. The van der Waals surface area contributed by atoms with E-state index in [9.17, 15) is 10.2 Å². The second-order valence-corrected chi connectivity index (χ2v) is 7.94. The number of para-hydroxylation sites is 1. The highest BCUT2D eigenvalue weighted by molar-refractivity contribution is 5.86. The molecule has 6 nitrogen and oxygen atoms in total. The van der Waals surface area contributed by atoms with Crippen LogP contribution in [0.1, 0.15) is 38.7 Å². The average molecular weight is 413 g/mol. The van der Waals surface area contributed by atoms with Crippen molar-refractivity contribution in [2.45, 2.75) is 51.3 Å². The van der Waals surface area contributed by atoms with Crippen molar-refractivity contribution in [3.05, 3.63) is 48.0 Å². The summed E-state index contributed by atoms with van der Waals surface area (Å²) in [6.07, 6.45) is 4.71. The Morgan fingerprint density at radius 2 is 1.83 bits per heavy atom. The molecule has 0 aromatic heterocycles. The van der Waals surface area contributed by atoms with Crippen molar-refractivity contribution >= 4 is 11.9 Å². The van der Waals surface area contributed by atoms with Gasteiger partial charge in [0.15, 0.2) is 11.5 Å². The standard InChI is InChI=1S/C24H32N2O4/c1-17-6-4-7-18(2)26(17)15-21(27)16-30-22-12-10-20(11-13-22)25-14-19-8-5-9-23(29-3)24(19)28/h5,8-14,17-18,21,27-28H,4,6-7,15-16H2,1-3H3/t17-,18-,21-/m0/s1. The molecule has 0 radical (unpaired) electrons. The van der Waals surface area contributed by atoms with E-state index in [4.69, 9.17) is 9.47 Å². The normalized spacial score (nSPS) is 20.9. The van der Waals surface area contributed by atoms with E-state index in [0.717, 1.165) is 5.69 Å². The van der Waals surface area contributed by atoms with Gasteiger partial charge in [0.25, 0.3) is 0 Å². The number of aromatic hydroxyl groups is 1. The number of ether oxygens (including phenoxy) is 2. The zero-order valence-electron chi connectivity index (χ0n) is 18.0. The molecule has 2 aromatic rings. The summed E-state index contributed by atoms with van der Waals surface area (Å²) in [4.78, 5) is 6.77. The lowest BCUT2D eigenvalue weighted by Crippen LogP contribution is -2.48. The first-order valence-corrected chi connectivity index (χ1v) is 10.5. The van der Waals surface area contributed by atoms with Crippen LogP contribution in [-0.4, -0.2) is 59.8 Å². The SMILES string of the molecule is COc1cccc(C=Nc2ccc(OC[C@@H](O)CN3[C@@H](C)CCC[C@@H]3C)cc2)c1O. The summed E-state index contributed by atoms with van der Waals surface area (Å²) < 4.78 is 10.9. The Balaban J connectivity index is 1.52. The number of rotatable bonds is 8. The van der Waals surface area contributed by atoms with Gasteiger partial charge in [-0.2, -0.15) is 0 Å². The van der Waals surface area contributed by atoms with E-state index in [-0.39, 0.29) is 12.4 Å². The number of likely N-dealkylation sites (tertiary alicyclic amines) is 1. The number of piperidine rings is 1. The molecule has 1 heterocycles. The molecule has 0 amide bonds. The number of β-amino-alcohol motifs (C(OH)–C–C–N with tert-alkyl or cyclic N) is 1. The number of aliphatic hydroxyl groups is 1. The zero-order valence-corrected chi connectivity index (χ0v) is 18.0. The molecule has 3 rings (SSSR count). The first-order valence-electron chi connectivity index (χ1n) is 10.5. The third-order valence-corrected chi connectivity index (χ3v) is 5.68. The first kappa shape index (κ1) is 22.1. The number of aliphatic hydroxyl groups excluding tert-OH is 1. The van der Waals surface area contributed by atoms with Crippen molar-refractivity contribution < 1.29 is 19.7 Å².